The van der Waals surface area contributed by atoms with Crippen LogP contribution in [0.5, 0.6) is 6.01 Å². The lowest BCUT2D eigenvalue weighted by Crippen LogP contribution is -2.56. The predicted molar refractivity (Wildman–Crippen MR) is 166 cm³/mol. The molecule has 2 fully saturated rings. The van der Waals surface area contributed by atoms with Crippen molar-refractivity contribution >= 4 is 28.2 Å². The summed E-state index contributed by atoms with van der Waals surface area (Å²) < 4.78 is 6.39. The highest BCUT2D eigenvalue weighted by molar-refractivity contribution is 5.97. The average Bonchev–Trinajstić information content (AvgIpc) is 2.97. The molecule has 42 heavy (non-hydrogen) atoms. The van der Waals surface area contributed by atoms with Crippen molar-refractivity contribution in [2.75, 3.05) is 56.6 Å². The number of hydrogen-bond donors (Lipinski definition) is 0. The van der Waals surface area contributed by atoms with Crippen LogP contribution in [0.25, 0.3) is 15.6 Å². The summed E-state index contributed by atoms with van der Waals surface area (Å²) in [6.45, 7) is 16.8. The van der Waals surface area contributed by atoms with Crippen LogP contribution in [0, 0.1) is 13.5 Å². The summed E-state index contributed by atoms with van der Waals surface area (Å²) in [5.41, 5.74) is 4.61. The molecule has 0 unspecified atom stereocenters. The molecular formula is C33H39N7O2. The first-order valence-electron chi connectivity index (χ1n) is 14.8. The van der Waals surface area contributed by atoms with E-state index in [2.05, 4.69) is 83.5 Å². The summed E-state index contributed by atoms with van der Waals surface area (Å²) >= 11 is 0. The van der Waals surface area contributed by atoms with Gasteiger partial charge in [-0.2, -0.15) is 9.97 Å². The van der Waals surface area contributed by atoms with Gasteiger partial charge in [0.2, 0.25) is 12.5 Å². The average molecular weight is 566 g/mol. The zero-order valence-corrected chi connectivity index (χ0v) is 24.8. The molecule has 3 heterocycles. The zero-order valence-electron chi connectivity index (χ0n) is 24.8. The second-order valence-electron chi connectivity index (χ2n) is 11.9. The van der Waals surface area contributed by atoms with Crippen LogP contribution >= 0.6 is 0 Å². The number of piperazine rings is 1. The maximum absolute atomic E-state index is 12.5. The van der Waals surface area contributed by atoms with Gasteiger partial charge in [0.15, 0.2) is 0 Å². The van der Waals surface area contributed by atoms with E-state index >= 15 is 0 Å². The molecule has 218 valence electrons. The molecule has 1 amide bonds. The number of benzene rings is 2. The van der Waals surface area contributed by atoms with Crippen LogP contribution in [0.2, 0.25) is 0 Å². The van der Waals surface area contributed by atoms with Gasteiger partial charge in [0.1, 0.15) is 18.0 Å². The van der Waals surface area contributed by atoms with E-state index in [9.17, 15) is 4.79 Å². The lowest BCUT2D eigenvalue weighted by Gasteiger charge is -2.41. The monoisotopic (exact) mass is 565 g/mol. The molecule has 0 bridgehead atoms. The number of amides is 1. The molecule has 1 aliphatic carbocycles. The van der Waals surface area contributed by atoms with Gasteiger partial charge >= 0.3 is 6.01 Å². The molecule has 1 saturated carbocycles. The van der Waals surface area contributed by atoms with E-state index in [-0.39, 0.29) is 24.6 Å². The van der Waals surface area contributed by atoms with Gasteiger partial charge in [0.05, 0.1) is 12.2 Å². The van der Waals surface area contributed by atoms with Crippen molar-refractivity contribution < 1.29 is 9.53 Å². The van der Waals surface area contributed by atoms with Crippen LogP contribution in [0.15, 0.2) is 49.1 Å². The summed E-state index contributed by atoms with van der Waals surface area (Å²) in [4.78, 5) is 34.9. The molecule has 0 radical (unpaired) electrons. The Balaban J connectivity index is 1.34. The molecule has 1 atom stereocenters. The first-order valence-corrected chi connectivity index (χ1v) is 14.8. The number of aryl methyl sites for hydroxylation is 1. The molecular weight excluding hydrogens is 526 g/mol. The number of anilines is 2. The Kier molecular flexibility index (Phi) is 7.74. The summed E-state index contributed by atoms with van der Waals surface area (Å²) in [6, 6.07) is 13.7. The summed E-state index contributed by atoms with van der Waals surface area (Å²) in [5, 5.41) is 2.52. The molecule has 2 aliphatic heterocycles. The minimum Gasteiger partial charge on any atom is -0.460 e. The summed E-state index contributed by atoms with van der Waals surface area (Å²) in [5.74, 6) is 0.756. The van der Waals surface area contributed by atoms with Gasteiger partial charge < -0.3 is 29.2 Å². The number of aromatic nitrogens is 2. The fourth-order valence-corrected chi connectivity index (χ4v) is 6.60. The predicted octanol–water partition coefficient (Wildman–Crippen LogP) is 4.09. The summed E-state index contributed by atoms with van der Waals surface area (Å²) in [6.07, 6.45) is 4.16. The molecule has 3 aliphatic rings. The molecule has 9 heteroatoms. The lowest BCUT2D eigenvalue weighted by molar-refractivity contribution is -0.128. The Morgan fingerprint density at radius 3 is 2.67 bits per heavy atom. The van der Waals surface area contributed by atoms with E-state index < -0.39 is 0 Å². The minimum absolute atomic E-state index is 0.0978. The van der Waals surface area contributed by atoms with Crippen LogP contribution in [0.1, 0.15) is 29.7 Å². The largest absolute Gasteiger partial charge is 0.460 e. The van der Waals surface area contributed by atoms with E-state index in [1.54, 1.807) is 4.90 Å². The van der Waals surface area contributed by atoms with E-state index in [4.69, 9.17) is 21.3 Å². The third-order valence-electron chi connectivity index (χ3n) is 9.07. The second kappa shape index (κ2) is 11.6. The summed E-state index contributed by atoms with van der Waals surface area (Å²) in [7, 11) is 4.21. The van der Waals surface area contributed by atoms with Gasteiger partial charge in [-0.1, -0.05) is 36.9 Å². The fourth-order valence-electron chi connectivity index (χ4n) is 6.60. The zero-order chi connectivity index (χ0) is 29.4. The van der Waals surface area contributed by atoms with Gasteiger partial charge in [-0.25, -0.2) is 6.57 Å². The third kappa shape index (κ3) is 5.27. The maximum atomic E-state index is 12.5. The standard InChI is InChI=1S/C33H39N7O2/c1-6-30(41)40-16-15-39(20-25(40)19-34-3)32-27-13-14-38(29-12-8-11-23-10-7-9-22(2)31(23)29)21-28(27)35-33(36-32)42-26-17-24(18-26)37(4)5/h6-12,24-26H,1,13-21H2,2,4-5H3/t24?,25-,26?/m0/s1. The van der Waals surface area contributed by atoms with Gasteiger partial charge in [0.25, 0.3) is 0 Å². The van der Waals surface area contributed by atoms with Crippen molar-refractivity contribution in [3.05, 3.63) is 77.3 Å². The van der Waals surface area contributed by atoms with Crippen molar-refractivity contribution in [2.45, 2.75) is 50.9 Å². The first-order chi connectivity index (χ1) is 20.4. The Labute approximate surface area is 248 Å². The Morgan fingerprint density at radius 2 is 1.93 bits per heavy atom. The highest BCUT2D eigenvalue weighted by Gasteiger charge is 2.36. The number of carbonyl (C=O) groups excluding carboxylic acids is 1. The molecule has 3 aromatic rings. The molecule has 2 aromatic carbocycles. The Hall–Kier alpha value is -4.16. The van der Waals surface area contributed by atoms with Crippen molar-refractivity contribution in [2.24, 2.45) is 0 Å². The van der Waals surface area contributed by atoms with E-state index in [1.165, 1.54) is 28.1 Å². The first kappa shape index (κ1) is 28.0. The maximum Gasteiger partial charge on any atom is 0.318 e. The van der Waals surface area contributed by atoms with Crippen LogP contribution in [0.4, 0.5) is 11.5 Å². The Morgan fingerprint density at radius 1 is 1.14 bits per heavy atom. The Bertz CT molecular complexity index is 1540. The SMILES string of the molecule is [C-]#[N+]C[C@H]1CN(c2nc(OC3CC(N(C)C)C3)nc3c2CCN(c2cccc4cccc(C)c24)C3)CCN1C(=O)C=C. The third-order valence-corrected chi connectivity index (χ3v) is 9.07. The number of ether oxygens (including phenoxy) is 1. The minimum atomic E-state index is -0.219. The number of hydrogen-bond acceptors (Lipinski definition) is 7. The lowest BCUT2D eigenvalue weighted by atomic mass is 9.88. The van der Waals surface area contributed by atoms with Crippen LogP contribution in [0.3, 0.4) is 0 Å². The molecule has 0 spiro atoms. The normalized spacial score (nSPS) is 22.0. The number of fused-ring (bicyclic) bond motifs is 2. The molecule has 1 aromatic heterocycles. The van der Waals surface area contributed by atoms with E-state index in [0.717, 1.165) is 42.9 Å². The van der Waals surface area contributed by atoms with Gasteiger partial charge in [-0.05, 0) is 50.5 Å². The van der Waals surface area contributed by atoms with Crippen LogP contribution in [-0.2, 0) is 17.8 Å². The molecule has 0 N–H and O–H groups in total. The van der Waals surface area contributed by atoms with Crippen molar-refractivity contribution in [3.8, 4) is 6.01 Å². The fraction of sp³-hybridized carbons (Fsp3) is 0.455. The number of nitrogens with zero attached hydrogens (tertiary/aromatic N) is 7. The quantitative estimate of drug-likeness (QED) is 0.316. The highest BCUT2D eigenvalue weighted by atomic mass is 16.5. The van der Waals surface area contributed by atoms with Crippen molar-refractivity contribution in [1.82, 2.24) is 19.8 Å². The topological polar surface area (TPSA) is 69.4 Å². The highest BCUT2D eigenvalue weighted by Crippen LogP contribution is 2.36. The van der Waals surface area contributed by atoms with Crippen LogP contribution in [-0.4, -0.2) is 90.7 Å². The number of carbonyl (C=O) groups is 1. The van der Waals surface area contributed by atoms with E-state index in [1.807, 2.05) is 0 Å². The number of rotatable bonds is 7. The smallest absolute Gasteiger partial charge is 0.318 e. The molecule has 9 nitrogen and oxygen atoms in total. The van der Waals surface area contributed by atoms with Crippen molar-refractivity contribution in [3.63, 3.8) is 0 Å². The second-order valence-corrected chi connectivity index (χ2v) is 11.9. The van der Waals surface area contributed by atoms with Crippen LogP contribution < -0.4 is 14.5 Å². The van der Waals surface area contributed by atoms with E-state index in [0.29, 0.717) is 38.2 Å². The van der Waals surface area contributed by atoms with Gasteiger partial charge in [-0.15, -0.1) is 0 Å². The molecule has 6 rings (SSSR count). The van der Waals surface area contributed by atoms with Crippen molar-refractivity contribution in [1.29, 1.82) is 0 Å². The molecule has 1 saturated heterocycles. The van der Waals surface area contributed by atoms with Gasteiger partial charge in [0, 0.05) is 61.7 Å². The van der Waals surface area contributed by atoms with Gasteiger partial charge in [-0.3, -0.25) is 4.79 Å².